The molecule has 3 rings (SSSR count). The fraction of sp³-hybridized carbons (Fsp3) is 0.263. The van der Waals surface area contributed by atoms with Crippen LogP contribution in [-0.4, -0.2) is 26.3 Å². The largest absolute Gasteiger partial charge is 0.283 e. The zero-order valence-electron chi connectivity index (χ0n) is 14.6. The minimum Gasteiger partial charge on any atom is -0.283 e. The van der Waals surface area contributed by atoms with Crippen LogP contribution < -0.4 is 0 Å². The van der Waals surface area contributed by atoms with E-state index in [1.165, 1.54) is 17.7 Å². The van der Waals surface area contributed by atoms with Gasteiger partial charge in [0, 0.05) is 12.2 Å². The highest BCUT2D eigenvalue weighted by Gasteiger charge is 2.11. The van der Waals surface area contributed by atoms with Gasteiger partial charge in [-0.25, -0.2) is 9.07 Å². The SMILES string of the molecule is Cc1cccc(-n2c(C)nn(CN(C)Cc3ccc(F)cc3)c2=S)c1. The average molecular weight is 356 g/mol. The molecule has 0 aliphatic rings. The summed E-state index contributed by atoms with van der Waals surface area (Å²) in [7, 11) is 1.99. The van der Waals surface area contributed by atoms with Crippen LogP contribution in [0.4, 0.5) is 4.39 Å². The van der Waals surface area contributed by atoms with Gasteiger partial charge in [-0.3, -0.25) is 9.47 Å². The first-order valence-electron chi connectivity index (χ1n) is 8.10. The number of aryl methyl sites for hydroxylation is 2. The van der Waals surface area contributed by atoms with Gasteiger partial charge in [-0.1, -0.05) is 24.3 Å². The van der Waals surface area contributed by atoms with Crippen LogP contribution in [0.5, 0.6) is 0 Å². The van der Waals surface area contributed by atoms with Crippen LogP contribution in [0.3, 0.4) is 0 Å². The average Bonchev–Trinajstić information content (AvgIpc) is 2.83. The summed E-state index contributed by atoms with van der Waals surface area (Å²) in [5, 5.41) is 4.59. The first-order chi connectivity index (χ1) is 11.9. The Morgan fingerprint density at radius 3 is 2.52 bits per heavy atom. The monoisotopic (exact) mass is 356 g/mol. The molecule has 2 aromatic carbocycles. The quantitative estimate of drug-likeness (QED) is 0.639. The minimum absolute atomic E-state index is 0.221. The zero-order chi connectivity index (χ0) is 18.0. The molecule has 0 aliphatic heterocycles. The lowest BCUT2D eigenvalue weighted by Gasteiger charge is -2.16. The van der Waals surface area contributed by atoms with Gasteiger partial charge in [-0.15, -0.1) is 0 Å². The van der Waals surface area contributed by atoms with Crippen molar-refractivity contribution in [2.45, 2.75) is 27.1 Å². The fourth-order valence-corrected chi connectivity index (χ4v) is 3.19. The van der Waals surface area contributed by atoms with Crippen molar-refractivity contribution in [3.8, 4) is 5.69 Å². The molecule has 130 valence electrons. The topological polar surface area (TPSA) is 26.0 Å². The van der Waals surface area contributed by atoms with Crippen molar-refractivity contribution in [2.24, 2.45) is 0 Å². The number of benzene rings is 2. The molecule has 6 heteroatoms. The lowest BCUT2D eigenvalue weighted by molar-refractivity contribution is 0.243. The lowest BCUT2D eigenvalue weighted by Crippen LogP contribution is -2.22. The normalized spacial score (nSPS) is 11.2. The maximum atomic E-state index is 13.0. The maximum Gasteiger partial charge on any atom is 0.203 e. The molecule has 4 nitrogen and oxygen atoms in total. The van der Waals surface area contributed by atoms with Gasteiger partial charge in [0.15, 0.2) is 0 Å². The van der Waals surface area contributed by atoms with Crippen molar-refractivity contribution in [1.82, 2.24) is 19.2 Å². The van der Waals surface area contributed by atoms with Crippen molar-refractivity contribution in [2.75, 3.05) is 7.05 Å². The second-order valence-electron chi connectivity index (χ2n) is 6.29. The van der Waals surface area contributed by atoms with Gasteiger partial charge < -0.3 is 0 Å². The molecule has 0 fully saturated rings. The Morgan fingerprint density at radius 2 is 1.84 bits per heavy atom. The molecule has 0 unspecified atom stereocenters. The van der Waals surface area contributed by atoms with E-state index in [4.69, 9.17) is 12.2 Å². The summed E-state index contributed by atoms with van der Waals surface area (Å²) >= 11 is 5.63. The second kappa shape index (κ2) is 7.29. The Kier molecular flexibility index (Phi) is 5.11. The third-order valence-corrected chi connectivity index (χ3v) is 4.40. The van der Waals surface area contributed by atoms with Crippen molar-refractivity contribution >= 4 is 12.2 Å². The summed E-state index contributed by atoms with van der Waals surface area (Å²) in [6.45, 7) is 5.27. The van der Waals surface area contributed by atoms with E-state index < -0.39 is 0 Å². The molecule has 0 aliphatic carbocycles. The molecular formula is C19H21FN4S. The standard InChI is InChI=1S/C19H21FN4S/c1-14-5-4-6-18(11-14)24-15(2)21-23(19(24)25)13-22(3)12-16-7-9-17(20)10-8-16/h4-11H,12-13H2,1-3H3. The summed E-state index contributed by atoms with van der Waals surface area (Å²) in [5.74, 6) is 0.631. The van der Waals surface area contributed by atoms with Crippen LogP contribution in [0, 0.1) is 24.4 Å². The number of hydrogen-bond donors (Lipinski definition) is 0. The number of hydrogen-bond acceptors (Lipinski definition) is 3. The third kappa shape index (κ3) is 4.03. The Balaban J connectivity index is 1.80. The molecule has 0 saturated heterocycles. The Hall–Kier alpha value is -2.31. The molecule has 0 amide bonds. The van der Waals surface area contributed by atoms with Crippen LogP contribution in [0.15, 0.2) is 48.5 Å². The van der Waals surface area contributed by atoms with Crippen LogP contribution in [0.2, 0.25) is 0 Å². The summed E-state index contributed by atoms with van der Waals surface area (Å²) in [4.78, 5) is 2.09. The summed E-state index contributed by atoms with van der Waals surface area (Å²) in [6.07, 6.45) is 0. The van der Waals surface area contributed by atoms with Crippen molar-refractivity contribution in [3.05, 3.63) is 76.1 Å². The van der Waals surface area contributed by atoms with Crippen LogP contribution in [0.25, 0.3) is 5.69 Å². The van der Waals surface area contributed by atoms with Gasteiger partial charge in [-0.05, 0) is 68.5 Å². The van der Waals surface area contributed by atoms with Gasteiger partial charge in [-0.2, -0.15) is 5.10 Å². The molecule has 0 spiro atoms. The third-order valence-electron chi connectivity index (χ3n) is 4.00. The molecule has 25 heavy (non-hydrogen) atoms. The predicted molar refractivity (Wildman–Crippen MR) is 99.7 cm³/mol. The number of halogens is 1. The van der Waals surface area contributed by atoms with E-state index in [1.54, 1.807) is 12.1 Å². The van der Waals surface area contributed by atoms with Gasteiger partial charge >= 0.3 is 0 Å². The fourth-order valence-electron chi connectivity index (χ4n) is 2.85. The van der Waals surface area contributed by atoms with Gasteiger partial charge in [0.1, 0.15) is 11.6 Å². The van der Waals surface area contributed by atoms with E-state index in [0.717, 1.165) is 17.1 Å². The van der Waals surface area contributed by atoms with Gasteiger partial charge in [0.05, 0.1) is 6.67 Å². The van der Waals surface area contributed by atoms with Crippen molar-refractivity contribution in [3.63, 3.8) is 0 Å². The molecule has 0 saturated carbocycles. The van der Waals surface area contributed by atoms with E-state index in [2.05, 4.69) is 29.1 Å². The second-order valence-corrected chi connectivity index (χ2v) is 6.65. The highest BCUT2D eigenvalue weighted by Crippen LogP contribution is 2.14. The first-order valence-corrected chi connectivity index (χ1v) is 8.51. The van der Waals surface area contributed by atoms with E-state index in [-0.39, 0.29) is 5.82 Å². The molecule has 3 aromatic rings. The van der Waals surface area contributed by atoms with E-state index in [0.29, 0.717) is 18.0 Å². The molecular weight excluding hydrogens is 335 g/mol. The van der Waals surface area contributed by atoms with Crippen molar-refractivity contribution < 1.29 is 4.39 Å². The summed E-state index contributed by atoms with van der Waals surface area (Å²) < 4.78 is 17.5. The first kappa shape index (κ1) is 17.5. The number of rotatable bonds is 5. The Morgan fingerprint density at radius 1 is 1.12 bits per heavy atom. The highest BCUT2D eigenvalue weighted by molar-refractivity contribution is 7.71. The van der Waals surface area contributed by atoms with Crippen LogP contribution >= 0.6 is 12.2 Å². The molecule has 0 atom stereocenters. The number of nitrogens with zero attached hydrogens (tertiary/aromatic N) is 4. The smallest absolute Gasteiger partial charge is 0.203 e. The highest BCUT2D eigenvalue weighted by atomic mass is 32.1. The van der Waals surface area contributed by atoms with Gasteiger partial charge in [0.25, 0.3) is 0 Å². The summed E-state index contributed by atoms with van der Waals surface area (Å²) in [6, 6.07) is 14.7. The van der Waals surface area contributed by atoms with Crippen LogP contribution in [0.1, 0.15) is 17.0 Å². The number of aromatic nitrogens is 3. The van der Waals surface area contributed by atoms with E-state index in [9.17, 15) is 4.39 Å². The molecule has 0 radical (unpaired) electrons. The predicted octanol–water partition coefficient (Wildman–Crippen LogP) is 4.25. The lowest BCUT2D eigenvalue weighted by atomic mass is 10.2. The van der Waals surface area contributed by atoms with Crippen LogP contribution in [-0.2, 0) is 13.2 Å². The van der Waals surface area contributed by atoms with E-state index >= 15 is 0 Å². The molecule has 0 bridgehead atoms. The van der Waals surface area contributed by atoms with E-state index in [1.807, 2.05) is 35.4 Å². The Labute approximate surface area is 152 Å². The molecule has 0 N–H and O–H groups in total. The maximum absolute atomic E-state index is 13.0. The molecule has 1 aromatic heterocycles. The van der Waals surface area contributed by atoms with Gasteiger partial charge in [0.2, 0.25) is 4.77 Å². The molecule has 1 heterocycles. The summed E-state index contributed by atoms with van der Waals surface area (Å²) in [5.41, 5.74) is 3.25. The Bertz CT molecular complexity index is 927. The van der Waals surface area contributed by atoms with Crippen molar-refractivity contribution in [1.29, 1.82) is 0 Å². The minimum atomic E-state index is -0.221. The zero-order valence-corrected chi connectivity index (χ0v) is 15.4.